The summed E-state index contributed by atoms with van der Waals surface area (Å²) in [5, 5.41) is 6.70. The number of unbranched alkanes of at least 4 members (excludes halogenated alkanes) is 1. The van der Waals surface area contributed by atoms with Gasteiger partial charge in [0.2, 0.25) is 0 Å². The first kappa shape index (κ1) is 25.1. The minimum absolute atomic E-state index is 0. The van der Waals surface area contributed by atoms with Crippen LogP contribution >= 0.6 is 24.0 Å². The van der Waals surface area contributed by atoms with Crippen molar-refractivity contribution in [1.29, 1.82) is 0 Å². The molecule has 2 rings (SSSR count). The Morgan fingerprint density at radius 3 is 2.25 bits per heavy atom. The van der Waals surface area contributed by atoms with Crippen LogP contribution in [0.4, 0.5) is 0 Å². The first-order valence-electron chi connectivity index (χ1n) is 10.2. The lowest BCUT2D eigenvalue weighted by Crippen LogP contribution is -2.46. The van der Waals surface area contributed by atoms with Gasteiger partial charge in [-0.05, 0) is 31.4 Å². The molecular weight excluding hydrogens is 465 g/mol. The van der Waals surface area contributed by atoms with Crippen molar-refractivity contribution in [2.75, 3.05) is 66.6 Å². The van der Waals surface area contributed by atoms with Crippen molar-refractivity contribution in [2.24, 2.45) is 4.99 Å². The summed E-state index contributed by atoms with van der Waals surface area (Å²) >= 11 is 0. The van der Waals surface area contributed by atoms with Gasteiger partial charge < -0.3 is 20.3 Å². The molecule has 1 saturated heterocycles. The Morgan fingerprint density at radius 1 is 0.964 bits per heavy atom. The summed E-state index contributed by atoms with van der Waals surface area (Å²) < 4.78 is 5.06. The normalized spacial score (nSPS) is 15.9. The van der Waals surface area contributed by atoms with E-state index in [1.54, 1.807) is 7.11 Å². The number of nitrogens with one attached hydrogen (secondary N) is 2. The minimum atomic E-state index is 0. The molecule has 0 aliphatic carbocycles. The quantitative estimate of drug-likeness (QED) is 0.210. The highest BCUT2D eigenvalue weighted by atomic mass is 127. The highest BCUT2D eigenvalue weighted by molar-refractivity contribution is 14.0. The van der Waals surface area contributed by atoms with Gasteiger partial charge in [-0.15, -0.1) is 24.0 Å². The van der Waals surface area contributed by atoms with Crippen LogP contribution in [0.15, 0.2) is 35.3 Å². The Bertz CT molecular complexity index is 521. The molecule has 1 aromatic carbocycles. The molecule has 0 aromatic heterocycles. The van der Waals surface area contributed by atoms with Crippen molar-refractivity contribution < 1.29 is 4.74 Å². The molecule has 0 spiro atoms. The molecule has 1 fully saturated rings. The average molecular weight is 503 g/mol. The zero-order chi connectivity index (χ0) is 19.2. The summed E-state index contributed by atoms with van der Waals surface area (Å²) in [5.74, 6) is 0.889. The summed E-state index contributed by atoms with van der Waals surface area (Å²) in [4.78, 5) is 9.41. The van der Waals surface area contributed by atoms with E-state index in [2.05, 4.69) is 55.8 Å². The minimum Gasteiger partial charge on any atom is -0.385 e. The molecule has 160 valence electrons. The molecule has 1 aliphatic heterocycles. The molecule has 1 aliphatic rings. The van der Waals surface area contributed by atoms with E-state index in [0.717, 1.165) is 38.6 Å². The van der Waals surface area contributed by atoms with Gasteiger partial charge in [0.15, 0.2) is 5.96 Å². The molecule has 28 heavy (non-hydrogen) atoms. The molecule has 0 radical (unpaired) electrons. The van der Waals surface area contributed by atoms with Crippen LogP contribution in [0.1, 0.15) is 24.8 Å². The van der Waals surface area contributed by atoms with Gasteiger partial charge in [-0.25, -0.2) is 0 Å². The highest BCUT2D eigenvalue weighted by Crippen LogP contribution is 2.08. The molecule has 1 aromatic rings. The number of methoxy groups -OCH3 is 1. The van der Waals surface area contributed by atoms with Gasteiger partial charge in [0.05, 0.1) is 0 Å². The van der Waals surface area contributed by atoms with E-state index in [-0.39, 0.29) is 24.0 Å². The monoisotopic (exact) mass is 503 g/mol. The van der Waals surface area contributed by atoms with Crippen molar-refractivity contribution in [1.82, 2.24) is 20.4 Å². The van der Waals surface area contributed by atoms with Crippen LogP contribution in [0.25, 0.3) is 0 Å². The molecule has 0 unspecified atom stereocenters. The Morgan fingerprint density at radius 2 is 1.61 bits per heavy atom. The third kappa shape index (κ3) is 10.6. The third-order valence-corrected chi connectivity index (χ3v) is 4.95. The van der Waals surface area contributed by atoms with Crippen LogP contribution in [0.2, 0.25) is 0 Å². The maximum Gasteiger partial charge on any atom is 0.190 e. The van der Waals surface area contributed by atoms with Gasteiger partial charge >= 0.3 is 0 Å². The third-order valence-electron chi connectivity index (χ3n) is 4.95. The molecule has 0 atom stereocenters. The largest absolute Gasteiger partial charge is 0.385 e. The summed E-state index contributed by atoms with van der Waals surface area (Å²) in [7, 11) is 3.55. The summed E-state index contributed by atoms with van der Waals surface area (Å²) in [5.41, 5.74) is 1.42. The molecule has 2 N–H and O–H groups in total. The molecular formula is C21H38IN5O. The average Bonchev–Trinajstić information content (AvgIpc) is 2.71. The van der Waals surface area contributed by atoms with Gasteiger partial charge in [-0.3, -0.25) is 9.89 Å². The number of benzene rings is 1. The van der Waals surface area contributed by atoms with Gasteiger partial charge in [0.25, 0.3) is 0 Å². The lowest BCUT2D eigenvalue weighted by Gasteiger charge is -2.34. The van der Waals surface area contributed by atoms with Gasteiger partial charge in [-0.2, -0.15) is 0 Å². The van der Waals surface area contributed by atoms with Gasteiger partial charge in [-0.1, -0.05) is 30.3 Å². The maximum absolute atomic E-state index is 5.06. The van der Waals surface area contributed by atoms with E-state index in [0.29, 0.717) is 0 Å². The number of nitrogens with zero attached hydrogens (tertiary/aromatic N) is 3. The summed E-state index contributed by atoms with van der Waals surface area (Å²) in [6, 6.07) is 10.8. The van der Waals surface area contributed by atoms with Crippen LogP contribution in [0.5, 0.6) is 0 Å². The summed E-state index contributed by atoms with van der Waals surface area (Å²) in [6.45, 7) is 9.62. The Balaban J connectivity index is 0.00000392. The fourth-order valence-electron chi connectivity index (χ4n) is 3.32. The first-order valence-corrected chi connectivity index (χ1v) is 10.2. The van der Waals surface area contributed by atoms with Gasteiger partial charge in [0.1, 0.15) is 0 Å². The lowest BCUT2D eigenvalue weighted by atomic mass is 10.2. The van der Waals surface area contributed by atoms with E-state index >= 15 is 0 Å². The number of piperazine rings is 1. The smallest absolute Gasteiger partial charge is 0.190 e. The first-order chi connectivity index (χ1) is 13.3. The van der Waals surface area contributed by atoms with Crippen molar-refractivity contribution in [3.8, 4) is 0 Å². The van der Waals surface area contributed by atoms with E-state index in [9.17, 15) is 0 Å². The highest BCUT2D eigenvalue weighted by Gasteiger charge is 2.16. The van der Waals surface area contributed by atoms with Crippen LogP contribution in [-0.4, -0.2) is 82.3 Å². The van der Waals surface area contributed by atoms with E-state index in [4.69, 9.17) is 4.74 Å². The number of halogens is 1. The molecule has 1 heterocycles. The van der Waals surface area contributed by atoms with Crippen LogP contribution < -0.4 is 10.6 Å². The molecule has 0 saturated carbocycles. The zero-order valence-corrected chi connectivity index (χ0v) is 19.9. The lowest BCUT2D eigenvalue weighted by molar-refractivity contribution is 0.126. The predicted octanol–water partition coefficient (Wildman–Crippen LogP) is 2.40. The zero-order valence-electron chi connectivity index (χ0n) is 17.5. The fraction of sp³-hybridized carbons (Fsp3) is 0.667. The SMILES string of the molecule is CN=C(NCCCCN1CCN(Cc2ccccc2)CC1)NCCCOC.I. The van der Waals surface area contributed by atoms with Gasteiger partial charge in [0, 0.05) is 66.6 Å². The second-order valence-electron chi connectivity index (χ2n) is 7.08. The predicted molar refractivity (Wildman–Crippen MR) is 129 cm³/mol. The Hall–Kier alpha value is -0.900. The van der Waals surface area contributed by atoms with Crippen molar-refractivity contribution in [3.63, 3.8) is 0 Å². The van der Waals surface area contributed by atoms with Crippen LogP contribution in [-0.2, 0) is 11.3 Å². The van der Waals surface area contributed by atoms with E-state index in [1.807, 2.05) is 7.05 Å². The number of hydrogen-bond acceptors (Lipinski definition) is 4. The van der Waals surface area contributed by atoms with E-state index in [1.165, 1.54) is 51.1 Å². The van der Waals surface area contributed by atoms with Crippen molar-refractivity contribution in [3.05, 3.63) is 35.9 Å². The van der Waals surface area contributed by atoms with Crippen molar-refractivity contribution in [2.45, 2.75) is 25.8 Å². The Labute approximate surface area is 188 Å². The standard InChI is InChI=1S/C21H37N5O.HI/c1-22-21(24-12-8-18-27-2)23-11-6-7-13-25-14-16-26(17-15-25)19-20-9-4-3-5-10-20;/h3-5,9-10H,6-8,11-19H2,1-2H3,(H2,22,23,24);1H. The number of rotatable bonds is 11. The van der Waals surface area contributed by atoms with Crippen LogP contribution in [0.3, 0.4) is 0 Å². The maximum atomic E-state index is 5.06. The number of hydrogen-bond donors (Lipinski definition) is 2. The molecule has 0 amide bonds. The number of ether oxygens (including phenoxy) is 1. The fourth-order valence-corrected chi connectivity index (χ4v) is 3.32. The molecule has 0 bridgehead atoms. The molecule has 7 heteroatoms. The number of aliphatic imine (C=N–C) groups is 1. The topological polar surface area (TPSA) is 52.1 Å². The molecule has 6 nitrogen and oxygen atoms in total. The van der Waals surface area contributed by atoms with Crippen LogP contribution in [0, 0.1) is 0 Å². The van der Waals surface area contributed by atoms with E-state index < -0.39 is 0 Å². The number of guanidine groups is 1. The Kier molecular flexibility index (Phi) is 14.3. The summed E-state index contributed by atoms with van der Waals surface area (Å²) in [6.07, 6.45) is 3.39. The second kappa shape index (κ2) is 16.0. The second-order valence-corrected chi connectivity index (χ2v) is 7.08. The van der Waals surface area contributed by atoms with Crippen molar-refractivity contribution >= 4 is 29.9 Å².